The van der Waals surface area contributed by atoms with Crippen molar-refractivity contribution >= 4 is 10.0 Å². The van der Waals surface area contributed by atoms with Crippen molar-refractivity contribution in [2.75, 3.05) is 7.11 Å². The van der Waals surface area contributed by atoms with Crippen molar-refractivity contribution in [1.82, 2.24) is 4.31 Å². The van der Waals surface area contributed by atoms with Crippen LogP contribution in [0.4, 0.5) is 4.39 Å². The van der Waals surface area contributed by atoms with Gasteiger partial charge in [0.15, 0.2) is 11.6 Å². The molecule has 1 aliphatic rings. The van der Waals surface area contributed by atoms with Gasteiger partial charge in [-0.05, 0) is 43.2 Å². The van der Waals surface area contributed by atoms with E-state index in [1.165, 1.54) is 29.8 Å². The van der Waals surface area contributed by atoms with Gasteiger partial charge in [0.25, 0.3) is 0 Å². The van der Waals surface area contributed by atoms with Gasteiger partial charge in [0, 0.05) is 6.04 Å². The Hall–Kier alpha value is -1.86. The molecule has 0 unspecified atom stereocenters. The largest absolute Gasteiger partial charge is 0.494 e. The molecule has 1 fully saturated rings. The molecule has 0 amide bonds. The van der Waals surface area contributed by atoms with Gasteiger partial charge < -0.3 is 9.15 Å². The summed E-state index contributed by atoms with van der Waals surface area (Å²) in [5, 5.41) is 0. The summed E-state index contributed by atoms with van der Waals surface area (Å²) < 4.78 is 50.8. The summed E-state index contributed by atoms with van der Waals surface area (Å²) in [5.74, 6) is -0.121. The van der Waals surface area contributed by atoms with E-state index in [4.69, 9.17) is 9.15 Å². The minimum Gasteiger partial charge on any atom is -0.494 e. The van der Waals surface area contributed by atoms with Crippen LogP contribution in [0, 0.1) is 5.82 Å². The summed E-state index contributed by atoms with van der Waals surface area (Å²) >= 11 is 0. The highest BCUT2D eigenvalue weighted by Gasteiger charge is 2.38. The average molecular weight is 325 g/mol. The van der Waals surface area contributed by atoms with E-state index >= 15 is 0 Å². The standard InChI is InChI=1S/C15H16FNO4S/c1-20-15-7-6-13(9-14(15)16)22(18,19)17(11-4-5-11)10-12-3-2-8-21-12/h2-3,6-9,11H,4-5,10H2,1H3. The third-order valence-electron chi connectivity index (χ3n) is 3.58. The first-order valence-electron chi connectivity index (χ1n) is 6.90. The molecule has 3 rings (SSSR count). The molecule has 1 saturated carbocycles. The predicted molar refractivity (Wildman–Crippen MR) is 77.4 cm³/mol. The molecule has 0 atom stereocenters. The molecule has 1 aromatic carbocycles. The molecule has 0 bridgehead atoms. The third kappa shape index (κ3) is 2.86. The Labute approximate surface area is 128 Å². The van der Waals surface area contributed by atoms with Crippen LogP contribution in [0.3, 0.4) is 0 Å². The fraction of sp³-hybridized carbons (Fsp3) is 0.333. The minimum atomic E-state index is -3.78. The SMILES string of the molecule is COc1ccc(S(=O)(=O)N(Cc2ccco2)C2CC2)cc1F. The lowest BCUT2D eigenvalue weighted by Crippen LogP contribution is -2.32. The molecule has 0 N–H and O–H groups in total. The fourth-order valence-corrected chi connectivity index (χ4v) is 3.94. The molecule has 118 valence electrons. The average Bonchev–Trinajstić information content (AvgIpc) is 3.20. The quantitative estimate of drug-likeness (QED) is 0.819. The lowest BCUT2D eigenvalue weighted by atomic mass is 10.3. The molecule has 7 heteroatoms. The summed E-state index contributed by atoms with van der Waals surface area (Å²) in [5.41, 5.74) is 0. The molecule has 1 heterocycles. The van der Waals surface area contributed by atoms with Gasteiger partial charge in [-0.15, -0.1) is 0 Å². The molecule has 1 aromatic heterocycles. The summed E-state index contributed by atoms with van der Waals surface area (Å²) in [6.45, 7) is 0.146. The first-order valence-corrected chi connectivity index (χ1v) is 8.34. The second kappa shape index (κ2) is 5.73. The van der Waals surface area contributed by atoms with Gasteiger partial charge in [-0.25, -0.2) is 12.8 Å². The number of nitrogens with zero attached hydrogens (tertiary/aromatic N) is 1. The predicted octanol–water partition coefficient (Wildman–Crippen LogP) is 2.78. The molecule has 0 aliphatic heterocycles. The Bertz CT molecular complexity index is 754. The van der Waals surface area contributed by atoms with Crippen molar-refractivity contribution in [3.8, 4) is 5.75 Å². The molecular weight excluding hydrogens is 309 g/mol. The van der Waals surface area contributed by atoms with Gasteiger partial charge in [0.2, 0.25) is 10.0 Å². The van der Waals surface area contributed by atoms with Gasteiger partial charge in [-0.3, -0.25) is 0 Å². The van der Waals surface area contributed by atoms with Crippen molar-refractivity contribution in [3.05, 3.63) is 48.2 Å². The van der Waals surface area contributed by atoms with Crippen molar-refractivity contribution in [1.29, 1.82) is 0 Å². The maximum Gasteiger partial charge on any atom is 0.243 e. The number of hydrogen-bond donors (Lipinski definition) is 0. The monoisotopic (exact) mass is 325 g/mol. The first kappa shape index (κ1) is 15.1. The highest BCUT2D eigenvalue weighted by atomic mass is 32.2. The summed E-state index contributed by atoms with van der Waals surface area (Å²) in [7, 11) is -2.45. The summed E-state index contributed by atoms with van der Waals surface area (Å²) in [6.07, 6.45) is 3.11. The van der Waals surface area contributed by atoms with Gasteiger partial charge >= 0.3 is 0 Å². The zero-order chi connectivity index (χ0) is 15.7. The summed E-state index contributed by atoms with van der Waals surface area (Å²) in [6, 6.07) is 7.04. The van der Waals surface area contributed by atoms with Crippen LogP contribution in [0.2, 0.25) is 0 Å². The van der Waals surface area contributed by atoms with Crippen molar-refractivity contribution in [2.45, 2.75) is 30.3 Å². The summed E-state index contributed by atoms with van der Waals surface area (Å²) in [4.78, 5) is -0.0794. The molecule has 5 nitrogen and oxygen atoms in total. The van der Waals surface area contributed by atoms with Crippen molar-refractivity contribution < 1.29 is 22.0 Å². The minimum absolute atomic E-state index is 0.0166. The highest BCUT2D eigenvalue weighted by molar-refractivity contribution is 7.89. The zero-order valence-corrected chi connectivity index (χ0v) is 12.8. The zero-order valence-electron chi connectivity index (χ0n) is 12.0. The van der Waals surface area contributed by atoms with E-state index in [0.29, 0.717) is 5.76 Å². The molecule has 0 radical (unpaired) electrons. The second-order valence-corrected chi connectivity index (χ2v) is 7.05. The van der Waals surface area contributed by atoms with Crippen molar-refractivity contribution in [2.24, 2.45) is 0 Å². The molecule has 2 aromatic rings. The van der Waals surface area contributed by atoms with Crippen molar-refractivity contribution in [3.63, 3.8) is 0 Å². The number of rotatable bonds is 6. The molecule has 0 saturated heterocycles. The Morgan fingerprint density at radius 1 is 1.36 bits per heavy atom. The van der Waals surface area contributed by atoms with Gasteiger partial charge in [-0.2, -0.15) is 4.31 Å². The van der Waals surface area contributed by atoms with E-state index in [2.05, 4.69) is 0 Å². The van der Waals surface area contributed by atoms with Gasteiger partial charge in [0.05, 0.1) is 24.8 Å². The normalized spacial score (nSPS) is 15.2. The Morgan fingerprint density at radius 2 is 2.14 bits per heavy atom. The number of sulfonamides is 1. The number of ether oxygens (including phenoxy) is 1. The lowest BCUT2D eigenvalue weighted by Gasteiger charge is -2.21. The van der Waals surface area contributed by atoms with Crippen LogP contribution >= 0.6 is 0 Å². The Balaban J connectivity index is 1.93. The third-order valence-corrected chi connectivity index (χ3v) is 5.47. The van der Waals surface area contributed by atoms with Gasteiger partial charge in [-0.1, -0.05) is 0 Å². The Morgan fingerprint density at radius 3 is 2.68 bits per heavy atom. The van der Waals surface area contributed by atoms with Crippen LogP contribution in [0.1, 0.15) is 18.6 Å². The topological polar surface area (TPSA) is 59.8 Å². The van der Waals surface area contributed by atoms with E-state index in [9.17, 15) is 12.8 Å². The lowest BCUT2D eigenvalue weighted by molar-refractivity contribution is 0.356. The molecule has 0 spiro atoms. The number of hydrogen-bond acceptors (Lipinski definition) is 4. The van der Waals surface area contributed by atoms with E-state index in [0.717, 1.165) is 18.9 Å². The van der Waals surface area contributed by atoms with Crippen LogP contribution in [-0.4, -0.2) is 25.9 Å². The number of methoxy groups -OCH3 is 1. The second-order valence-electron chi connectivity index (χ2n) is 5.16. The number of halogens is 1. The highest BCUT2D eigenvalue weighted by Crippen LogP contribution is 2.34. The maximum absolute atomic E-state index is 13.8. The Kier molecular flexibility index (Phi) is 3.92. The molecular formula is C15H16FNO4S. The van der Waals surface area contributed by atoms with E-state index in [-0.39, 0.29) is 23.2 Å². The molecule has 1 aliphatic carbocycles. The van der Waals surface area contributed by atoms with E-state index in [1.807, 2.05) is 0 Å². The smallest absolute Gasteiger partial charge is 0.243 e. The van der Waals surface area contributed by atoms with Crippen LogP contribution in [-0.2, 0) is 16.6 Å². The van der Waals surface area contributed by atoms with Crippen LogP contribution < -0.4 is 4.74 Å². The maximum atomic E-state index is 13.8. The van der Waals surface area contributed by atoms with Crippen LogP contribution in [0.5, 0.6) is 5.75 Å². The fourth-order valence-electron chi connectivity index (χ4n) is 2.27. The first-order chi connectivity index (χ1) is 10.5. The molecule has 22 heavy (non-hydrogen) atoms. The number of benzene rings is 1. The van der Waals surface area contributed by atoms with Crippen LogP contribution in [0.25, 0.3) is 0 Å². The van der Waals surface area contributed by atoms with E-state index < -0.39 is 15.8 Å². The number of furan rings is 1. The van der Waals surface area contributed by atoms with Crippen LogP contribution in [0.15, 0.2) is 45.9 Å². The van der Waals surface area contributed by atoms with E-state index in [1.54, 1.807) is 12.1 Å². The van der Waals surface area contributed by atoms with Gasteiger partial charge in [0.1, 0.15) is 5.76 Å².